The quantitative estimate of drug-likeness (QED) is 0.588. The Hall–Kier alpha value is -1.89. The summed E-state index contributed by atoms with van der Waals surface area (Å²) in [7, 11) is 0. The first-order valence-electron chi connectivity index (χ1n) is 8.92. The zero-order valence-corrected chi connectivity index (χ0v) is 17.2. The molecule has 1 atom stereocenters. The zero-order valence-electron chi connectivity index (χ0n) is 14.8. The van der Waals surface area contributed by atoms with Gasteiger partial charge in [0.1, 0.15) is 9.88 Å². The summed E-state index contributed by atoms with van der Waals surface area (Å²) in [5.74, 6) is -0.160. The van der Waals surface area contributed by atoms with Crippen LogP contribution in [0, 0.1) is 5.92 Å². The van der Waals surface area contributed by atoms with E-state index in [0.717, 1.165) is 41.3 Å². The van der Waals surface area contributed by atoms with Crippen LogP contribution >= 0.6 is 34.3 Å². The fourth-order valence-electron chi connectivity index (χ4n) is 3.67. The number of rotatable bonds is 4. The number of hydrogen-bond acceptors (Lipinski definition) is 4. The maximum absolute atomic E-state index is 12.9. The molecule has 7 heteroatoms. The summed E-state index contributed by atoms with van der Waals surface area (Å²) in [5.41, 5.74) is 7.13. The number of nitrogens with one attached hydrogen (secondary N) is 1. The number of halogens is 1. The second kappa shape index (κ2) is 7.26. The molecule has 1 aliphatic rings. The molecule has 1 aromatic carbocycles. The van der Waals surface area contributed by atoms with Crippen LogP contribution in [-0.4, -0.2) is 11.8 Å². The molecule has 2 aromatic heterocycles. The van der Waals surface area contributed by atoms with Crippen molar-refractivity contribution in [3.05, 3.63) is 50.2 Å². The van der Waals surface area contributed by atoms with Crippen molar-refractivity contribution in [2.75, 3.05) is 5.32 Å². The fraction of sp³-hybridized carbons (Fsp3) is 0.300. The summed E-state index contributed by atoms with van der Waals surface area (Å²) in [6.07, 6.45) is 3.94. The number of nitrogens with two attached hydrogens (primary N) is 1. The minimum absolute atomic E-state index is 0.297. The van der Waals surface area contributed by atoms with Crippen LogP contribution in [0.1, 0.15) is 50.2 Å². The van der Waals surface area contributed by atoms with Crippen LogP contribution < -0.4 is 11.1 Å². The molecular formula is C20H19ClN2O2S2. The van der Waals surface area contributed by atoms with E-state index in [-0.39, 0.29) is 5.91 Å². The highest BCUT2D eigenvalue weighted by Crippen LogP contribution is 2.41. The summed E-state index contributed by atoms with van der Waals surface area (Å²) in [6.45, 7) is 2.18. The molecule has 3 N–H and O–H groups in total. The van der Waals surface area contributed by atoms with Crippen molar-refractivity contribution >= 4 is 61.2 Å². The first kappa shape index (κ1) is 18.5. The summed E-state index contributed by atoms with van der Waals surface area (Å²) in [5, 5.41) is 4.76. The van der Waals surface area contributed by atoms with Gasteiger partial charge < -0.3 is 11.1 Å². The molecular weight excluding hydrogens is 400 g/mol. The van der Waals surface area contributed by atoms with Gasteiger partial charge in [-0.15, -0.1) is 22.7 Å². The minimum atomic E-state index is -0.486. The van der Waals surface area contributed by atoms with Gasteiger partial charge in [-0.3, -0.25) is 9.59 Å². The topological polar surface area (TPSA) is 72.2 Å². The Labute approximate surface area is 170 Å². The van der Waals surface area contributed by atoms with Gasteiger partial charge in [-0.05, 0) is 36.8 Å². The first-order chi connectivity index (χ1) is 13.0. The van der Waals surface area contributed by atoms with Crippen LogP contribution in [0.4, 0.5) is 5.00 Å². The molecule has 0 spiro atoms. The maximum atomic E-state index is 12.9. The lowest BCUT2D eigenvalue weighted by Gasteiger charge is -2.20. The van der Waals surface area contributed by atoms with E-state index in [1.807, 2.05) is 24.3 Å². The van der Waals surface area contributed by atoms with Gasteiger partial charge in [0.15, 0.2) is 0 Å². The van der Waals surface area contributed by atoms with Crippen molar-refractivity contribution in [2.24, 2.45) is 11.7 Å². The molecule has 2 amide bonds. The third-order valence-electron chi connectivity index (χ3n) is 5.16. The lowest BCUT2D eigenvalue weighted by Crippen LogP contribution is -2.19. The fourth-order valence-corrected chi connectivity index (χ4v) is 6.45. The second-order valence-electron chi connectivity index (χ2n) is 6.78. The van der Waals surface area contributed by atoms with E-state index in [2.05, 4.69) is 12.2 Å². The van der Waals surface area contributed by atoms with E-state index in [0.29, 0.717) is 26.4 Å². The summed E-state index contributed by atoms with van der Waals surface area (Å²) in [6, 6.07) is 7.64. The van der Waals surface area contributed by atoms with Gasteiger partial charge in [0.25, 0.3) is 11.8 Å². The number of carbonyl (C=O) groups is 2. The van der Waals surface area contributed by atoms with Gasteiger partial charge in [0.2, 0.25) is 0 Å². The average molecular weight is 419 g/mol. The Bertz CT molecular complexity index is 1050. The zero-order chi connectivity index (χ0) is 19.1. The van der Waals surface area contributed by atoms with Crippen LogP contribution in [0.3, 0.4) is 0 Å². The molecule has 0 radical (unpaired) electrons. The van der Waals surface area contributed by atoms with Crippen molar-refractivity contribution in [3.63, 3.8) is 0 Å². The summed E-state index contributed by atoms with van der Waals surface area (Å²) < 4.78 is 0.957. The Kier molecular flexibility index (Phi) is 4.97. The highest BCUT2D eigenvalue weighted by atomic mass is 35.5. The van der Waals surface area contributed by atoms with Gasteiger partial charge in [0.05, 0.1) is 10.6 Å². The molecule has 4 nitrogen and oxygen atoms in total. The molecule has 4 rings (SSSR count). The standard InChI is InChI=1S/C20H19ClN2O2S2/c1-2-10-7-8-11-14(9-10)27-20(15(11)18(22)24)23-19(25)17-16(21)12-5-3-4-6-13(12)26-17/h3-6,10H,2,7-9H2,1H3,(H2,22,24)(H,23,25). The third kappa shape index (κ3) is 3.26. The van der Waals surface area contributed by atoms with E-state index in [1.165, 1.54) is 27.6 Å². The van der Waals surface area contributed by atoms with Gasteiger partial charge in [-0.1, -0.05) is 43.1 Å². The van der Waals surface area contributed by atoms with Crippen LogP contribution in [0.5, 0.6) is 0 Å². The second-order valence-corrected chi connectivity index (χ2v) is 9.32. The molecule has 0 saturated heterocycles. The van der Waals surface area contributed by atoms with E-state index in [1.54, 1.807) is 0 Å². The minimum Gasteiger partial charge on any atom is -0.365 e. The van der Waals surface area contributed by atoms with Crippen LogP contribution in [0.2, 0.25) is 5.02 Å². The molecule has 0 fully saturated rings. The average Bonchev–Trinajstić information content (AvgIpc) is 3.18. The van der Waals surface area contributed by atoms with E-state index >= 15 is 0 Å². The molecule has 140 valence electrons. The molecule has 0 saturated carbocycles. The maximum Gasteiger partial charge on any atom is 0.267 e. The Morgan fingerprint density at radius 1 is 1.30 bits per heavy atom. The lowest BCUT2D eigenvalue weighted by molar-refractivity contribution is 0.1000. The van der Waals surface area contributed by atoms with Crippen LogP contribution in [-0.2, 0) is 12.8 Å². The van der Waals surface area contributed by atoms with Crippen molar-refractivity contribution < 1.29 is 9.59 Å². The van der Waals surface area contributed by atoms with Gasteiger partial charge >= 0.3 is 0 Å². The normalized spacial score (nSPS) is 16.3. The third-order valence-corrected chi connectivity index (χ3v) is 8.00. The Balaban J connectivity index is 1.69. The van der Waals surface area contributed by atoms with Crippen molar-refractivity contribution in [1.29, 1.82) is 0 Å². The number of thiophene rings is 2. The van der Waals surface area contributed by atoms with E-state index in [4.69, 9.17) is 17.3 Å². The van der Waals surface area contributed by atoms with Crippen molar-refractivity contribution in [2.45, 2.75) is 32.6 Å². The number of primary amides is 1. The monoisotopic (exact) mass is 418 g/mol. The number of fused-ring (bicyclic) bond motifs is 2. The number of carbonyl (C=O) groups excluding carboxylic acids is 2. The highest BCUT2D eigenvalue weighted by molar-refractivity contribution is 7.22. The molecule has 0 bridgehead atoms. The van der Waals surface area contributed by atoms with Gasteiger partial charge in [0, 0.05) is 15.0 Å². The van der Waals surface area contributed by atoms with Gasteiger partial charge in [-0.25, -0.2) is 0 Å². The summed E-state index contributed by atoms with van der Waals surface area (Å²) in [4.78, 5) is 26.6. The number of hydrogen-bond donors (Lipinski definition) is 2. The summed E-state index contributed by atoms with van der Waals surface area (Å²) >= 11 is 9.24. The molecule has 2 heterocycles. The van der Waals surface area contributed by atoms with Gasteiger partial charge in [-0.2, -0.15) is 0 Å². The molecule has 27 heavy (non-hydrogen) atoms. The largest absolute Gasteiger partial charge is 0.365 e. The van der Waals surface area contributed by atoms with Crippen LogP contribution in [0.15, 0.2) is 24.3 Å². The lowest BCUT2D eigenvalue weighted by atomic mass is 9.85. The molecule has 3 aromatic rings. The molecule has 0 aliphatic heterocycles. The highest BCUT2D eigenvalue weighted by Gasteiger charge is 2.29. The van der Waals surface area contributed by atoms with Crippen LogP contribution in [0.25, 0.3) is 10.1 Å². The Morgan fingerprint density at radius 3 is 2.78 bits per heavy atom. The molecule has 1 aliphatic carbocycles. The number of anilines is 1. The number of benzene rings is 1. The Morgan fingerprint density at radius 2 is 2.07 bits per heavy atom. The predicted molar refractivity (Wildman–Crippen MR) is 113 cm³/mol. The van der Waals surface area contributed by atoms with E-state index < -0.39 is 5.91 Å². The van der Waals surface area contributed by atoms with Crippen molar-refractivity contribution in [1.82, 2.24) is 0 Å². The molecule has 1 unspecified atom stereocenters. The van der Waals surface area contributed by atoms with E-state index in [9.17, 15) is 9.59 Å². The van der Waals surface area contributed by atoms with Crippen molar-refractivity contribution in [3.8, 4) is 0 Å². The predicted octanol–water partition coefficient (Wildman–Crippen LogP) is 5.48. The first-order valence-corrected chi connectivity index (χ1v) is 10.9. The smallest absolute Gasteiger partial charge is 0.267 e. The SMILES string of the molecule is CCC1CCc2c(sc(NC(=O)c3sc4ccccc4c3Cl)c2C(N)=O)C1. The number of amides is 2.